The number of thioether (sulfide) groups is 1. The molecule has 0 spiro atoms. The van der Waals surface area contributed by atoms with E-state index in [0.29, 0.717) is 22.6 Å². The second kappa shape index (κ2) is 6.20. The molecule has 1 saturated heterocycles. The zero-order valence-corrected chi connectivity index (χ0v) is 11.9. The average Bonchev–Trinajstić information content (AvgIpc) is 2.82. The van der Waals surface area contributed by atoms with Gasteiger partial charge < -0.3 is 16.4 Å². The van der Waals surface area contributed by atoms with E-state index in [4.69, 9.17) is 11.5 Å². The summed E-state index contributed by atoms with van der Waals surface area (Å²) in [5, 5.41) is 7.91. The highest BCUT2D eigenvalue weighted by atomic mass is 32.2. The van der Waals surface area contributed by atoms with Gasteiger partial charge in [-0.15, -0.1) is 10.2 Å². The first-order valence-corrected chi connectivity index (χ1v) is 7.65. The standard InChI is InChI=1S/C10H15N5O2S2/c11-8(17)6-2-1-3-15(4-6)7(16)5-18-10-14-13-9(12)19-10/h6H,1-5H2,(H2,11,17)(H2,12,13). The molecule has 1 unspecified atom stereocenters. The summed E-state index contributed by atoms with van der Waals surface area (Å²) in [6.07, 6.45) is 1.58. The summed E-state index contributed by atoms with van der Waals surface area (Å²) in [7, 11) is 0. The van der Waals surface area contributed by atoms with Gasteiger partial charge in [0.25, 0.3) is 0 Å². The molecule has 4 N–H and O–H groups in total. The van der Waals surface area contributed by atoms with Gasteiger partial charge >= 0.3 is 0 Å². The minimum Gasteiger partial charge on any atom is -0.374 e. The van der Waals surface area contributed by atoms with E-state index in [-0.39, 0.29) is 23.5 Å². The van der Waals surface area contributed by atoms with E-state index in [9.17, 15) is 9.59 Å². The number of hydrogen-bond donors (Lipinski definition) is 2. The first-order valence-electron chi connectivity index (χ1n) is 5.85. The average molecular weight is 301 g/mol. The Labute approximate surface area is 118 Å². The molecule has 1 aromatic rings. The van der Waals surface area contributed by atoms with Crippen molar-refractivity contribution in [2.75, 3.05) is 24.6 Å². The topological polar surface area (TPSA) is 115 Å². The highest BCUT2D eigenvalue weighted by molar-refractivity contribution is 8.01. The molecule has 2 heterocycles. The summed E-state index contributed by atoms with van der Waals surface area (Å²) < 4.78 is 0.675. The lowest BCUT2D eigenvalue weighted by Gasteiger charge is -2.31. The van der Waals surface area contributed by atoms with Gasteiger partial charge in [-0.1, -0.05) is 23.1 Å². The van der Waals surface area contributed by atoms with Crippen LogP contribution in [0.15, 0.2) is 4.34 Å². The molecule has 7 nitrogen and oxygen atoms in total. The Hall–Kier alpha value is -1.35. The van der Waals surface area contributed by atoms with Crippen LogP contribution in [0.25, 0.3) is 0 Å². The molecule has 1 aliphatic rings. The Bertz CT molecular complexity index is 478. The lowest BCUT2D eigenvalue weighted by molar-refractivity contribution is -0.132. The lowest BCUT2D eigenvalue weighted by Crippen LogP contribution is -2.44. The van der Waals surface area contributed by atoms with E-state index in [1.54, 1.807) is 4.90 Å². The van der Waals surface area contributed by atoms with Gasteiger partial charge in [-0.25, -0.2) is 0 Å². The second-order valence-corrected chi connectivity index (χ2v) is 6.51. The van der Waals surface area contributed by atoms with E-state index in [0.717, 1.165) is 12.8 Å². The number of carbonyl (C=O) groups is 2. The zero-order chi connectivity index (χ0) is 13.8. The Kier molecular flexibility index (Phi) is 4.59. The Morgan fingerprint density at radius 1 is 1.47 bits per heavy atom. The van der Waals surface area contributed by atoms with Crippen molar-refractivity contribution in [3.63, 3.8) is 0 Å². The van der Waals surface area contributed by atoms with Gasteiger partial charge in [0.1, 0.15) is 0 Å². The summed E-state index contributed by atoms with van der Waals surface area (Å²) >= 11 is 2.57. The predicted octanol–water partition coefficient (Wildman–Crippen LogP) is -0.0637. The van der Waals surface area contributed by atoms with E-state index < -0.39 is 0 Å². The normalized spacial score (nSPS) is 19.4. The van der Waals surface area contributed by atoms with Crippen LogP contribution in [0, 0.1) is 5.92 Å². The quantitative estimate of drug-likeness (QED) is 0.753. The number of piperidine rings is 1. The Balaban J connectivity index is 1.84. The first-order chi connectivity index (χ1) is 9.06. The maximum absolute atomic E-state index is 12.0. The van der Waals surface area contributed by atoms with Crippen LogP contribution < -0.4 is 11.5 Å². The molecule has 1 atom stereocenters. The van der Waals surface area contributed by atoms with Gasteiger partial charge in [0, 0.05) is 13.1 Å². The summed E-state index contributed by atoms with van der Waals surface area (Å²) in [5.74, 6) is -0.285. The molecule has 104 valence electrons. The number of nitrogens with two attached hydrogens (primary N) is 2. The van der Waals surface area contributed by atoms with Crippen LogP contribution in [0.1, 0.15) is 12.8 Å². The lowest BCUT2D eigenvalue weighted by atomic mass is 9.97. The maximum atomic E-state index is 12.0. The molecule has 9 heteroatoms. The molecule has 1 aromatic heterocycles. The molecule has 1 aliphatic heterocycles. The summed E-state index contributed by atoms with van der Waals surface area (Å²) in [5.41, 5.74) is 10.7. The van der Waals surface area contributed by atoms with Crippen LogP contribution >= 0.6 is 23.1 Å². The predicted molar refractivity (Wildman–Crippen MR) is 73.5 cm³/mol. The number of aromatic nitrogens is 2. The monoisotopic (exact) mass is 301 g/mol. The fourth-order valence-electron chi connectivity index (χ4n) is 1.93. The van der Waals surface area contributed by atoms with Crippen LogP contribution in [-0.2, 0) is 9.59 Å². The van der Waals surface area contributed by atoms with Crippen molar-refractivity contribution in [1.29, 1.82) is 0 Å². The minimum absolute atomic E-state index is 0.00952. The molecular weight excluding hydrogens is 286 g/mol. The number of primary amides is 1. The van der Waals surface area contributed by atoms with Gasteiger partial charge in [-0.3, -0.25) is 9.59 Å². The molecule has 0 radical (unpaired) electrons. The van der Waals surface area contributed by atoms with Gasteiger partial charge in [0.15, 0.2) is 4.34 Å². The van der Waals surface area contributed by atoms with Crippen molar-refractivity contribution >= 4 is 40.0 Å². The number of anilines is 1. The molecule has 0 aromatic carbocycles. The summed E-state index contributed by atoms with van der Waals surface area (Å²) in [6, 6.07) is 0. The van der Waals surface area contributed by atoms with E-state index in [1.165, 1.54) is 23.1 Å². The number of nitrogen functional groups attached to an aromatic ring is 1. The van der Waals surface area contributed by atoms with E-state index in [1.807, 2.05) is 0 Å². The van der Waals surface area contributed by atoms with Crippen LogP contribution in [0.5, 0.6) is 0 Å². The highest BCUT2D eigenvalue weighted by Crippen LogP contribution is 2.24. The molecule has 0 aliphatic carbocycles. The smallest absolute Gasteiger partial charge is 0.233 e. The largest absolute Gasteiger partial charge is 0.374 e. The van der Waals surface area contributed by atoms with Crippen LogP contribution in [0.3, 0.4) is 0 Å². The molecule has 0 saturated carbocycles. The van der Waals surface area contributed by atoms with Crippen LogP contribution in [-0.4, -0.2) is 45.8 Å². The van der Waals surface area contributed by atoms with Crippen LogP contribution in [0.2, 0.25) is 0 Å². The van der Waals surface area contributed by atoms with Crippen molar-refractivity contribution in [3.8, 4) is 0 Å². The third-order valence-electron chi connectivity index (χ3n) is 2.92. The third kappa shape index (κ3) is 3.80. The zero-order valence-electron chi connectivity index (χ0n) is 10.2. The van der Waals surface area contributed by atoms with Crippen molar-refractivity contribution in [3.05, 3.63) is 0 Å². The first kappa shape index (κ1) is 14.1. The Morgan fingerprint density at radius 3 is 2.89 bits per heavy atom. The molecule has 2 rings (SSSR count). The van der Waals surface area contributed by atoms with Gasteiger partial charge in [-0.05, 0) is 12.8 Å². The van der Waals surface area contributed by atoms with E-state index >= 15 is 0 Å². The van der Waals surface area contributed by atoms with Crippen molar-refractivity contribution in [2.24, 2.45) is 11.7 Å². The van der Waals surface area contributed by atoms with Crippen molar-refractivity contribution < 1.29 is 9.59 Å². The third-order valence-corrected chi connectivity index (χ3v) is 4.79. The molecule has 1 fully saturated rings. The maximum Gasteiger partial charge on any atom is 0.233 e. The fraction of sp³-hybridized carbons (Fsp3) is 0.600. The van der Waals surface area contributed by atoms with Gasteiger partial charge in [0.05, 0.1) is 11.7 Å². The van der Waals surface area contributed by atoms with Crippen molar-refractivity contribution in [2.45, 2.75) is 17.2 Å². The van der Waals surface area contributed by atoms with Crippen molar-refractivity contribution in [1.82, 2.24) is 15.1 Å². The van der Waals surface area contributed by atoms with Gasteiger partial charge in [-0.2, -0.15) is 0 Å². The van der Waals surface area contributed by atoms with Crippen LogP contribution in [0.4, 0.5) is 5.13 Å². The number of nitrogens with zero attached hydrogens (tertiary/aromatic N) is 3. The number of hydrogen-bond acceptors (Lipinski definition) is 7. The van der Waals surface area contributed by atoms with Gasteiger partial charge in [0.2, 0.25) is 16.9 Å². The SMILES string of the molecule is NC(=O)C1CCCN(C(=O)CSc2nnc(N)s2)C1. The number of amides is 2. The number of carbonyl (C=O) groups excluding carboxylic acids is 2. The molecule has 19 heavy (non-hydrogen) atoms. The minimum atomic E-state index is -0.331. The molecular formula is C10H15N5O2S2. The highest BCUT2D eigenvalue weighted by Gasteiger charge is 2.26. The fourth-order valence-corrected chi connectivity index (χ4v) is 3.47. The summed E-state index contributed by atoms with van der Waals surface area (Å²) in [4.78, 5) is 24.9. The molecule has 0 bridgehead atoms. The second-order valence-electron chi connectivity index (χ2n) is 4.28. The van der Waals surface area contributed by atoms with E-state index in [2.05, 4.69) is 10.2 Å². The molecule has 2 amide bonds. The number of rotatable bonds is 4. The Morgan fingerprint density at radius 2 is 2.26 bits per heavy atom. The summed E-state index contributed by atoms with van der Waals surface area (Å²) in [6.45, 7) is 1.11. The number of likely N-dealkylation sites (tertiary alicyclic amines) is 1.